The lowest BCUT2D eigenvalue weighted by Gasteiger charge is -2.37. The summed E-state index contributed by atoms with van der Waals surface area (Å²) in [6.45, 7) is 4.04. The second-order valence-electron chi connectivity index (χ2n) is 10.4. The van der Waals surface area contributed by atoms with E-state index in [4.69, 9.17) is 4.74 Å². The Morgan fingerprint density at radius 2 is 1.95 bits per heavy atom. The number of anilines is 2. The SMILES string of the molecule is COC(=O)C1=C(C)N(c2cccc(C(F)(F)F)c2)c2n[nH]c(=O)n2[C@@H]1c1ccc(C#N)cc1C[N+]1(C)CCCC1. The number of carbonyl (C=O) groups excluding carboxylic acids is 1. The van der Waals surface area contributed by atoms with Gasteiger partial charge in [0.15, 0.2) is 0 Å². The number of halogens is 3. The van der Waals surface area contributed by atoms with Gasteiger partial charge >= 0.3 is 17.8 Å². The summed E-state index contributed by atoms with van der Waals surface area (Å²) in [4.78, 5) is 28.0. The molecule has 1 N–H and O–H groups in total. The van der Waals surface area contributed by atoms with Crippen molar-refractivity contribution in [2.75, 3.05) is 32.1 Å². The van der Waals surface area contributed by atoms with Crippen LogP contribution in [-0.4, -0.2) is 52.5 Å². The largest absolute Gasteiger partial charge is 0.466 e. The first-order valence-corrected chi connectivity index (χ1v) is 12.8. The highest BCUT2D eigenvalue weighted by atomic mass is 19.4. The molecular formula is C28H28F3N6O3+. The van der Waals surface area contributed by atoms with Gasteiger partial charge in [-0.2, -0.15) is 18.4 Å². The van der Waals surface area contributed by atoms with Crippen LogP contribution in [0.4, 0.5) is 24.8 Å². The molecule has 40 heavy (non-hydrogen) atoms. The van der Waals surface area contributed by atoms with Crippen molar-refractivity contribution in [3.05, 3.63) is 86.5 Å². The molecule has 208 valence electrons. The zero-order chi connectivity index (χ0) is 28.8. The summed E-state index contributed by atoms with van der Waals surface area (Å²) in [5, 5.41) is 16.2. The first-order chi connectivity index (χ1) is 19.0. The van der Waals surface area contributed by atoms with Gasteiger partial charge in [-0.25, -0.2) is 19.3 Å². The zero-order valence-corrected chi connectivity index (χ0v) is 22.2. The van der Waals surface area contributed by atoms with E-state index in [0.29, 0.717) is 17.7 Å². The van der Waals surface area contributed by atoms with Crippen molar-refractivity contribution in [2.24, 2.45) is 0 Å². The molecule has 0 aliphatic carbocycles. The van der Waals surface area contributed by atoms with Crippen LogP contribution in [0.15, 0.2) is 58.5 Å². The van der Waals surface area contributed by atoms with E-state index >= 15 is 0 Å². The van der Waals surface area contributed by atoms with Gasteiger partial charge in [-0.15, -0.1) is 5.10 Å². The Morgan fingerprint density at radius 1 is 1.23 bits per heavy atom. The fourth-order valence-electron chi connectivity index (χ4n) is 5.83. The van der Waals surface area contributed by atoms with Crippen molar-refractivity contribution in [1.82, 2.24) is 14.8 Å². The molecule has 1 atom stereocenters. The third kappa shape index (κ3) is 4.66. The molecule has 12 heteroatoms. The lowest BCUT2D eigenvalue weighted by atomic mass is 9.89. The first-order valence-electron chi connectivity index (χ1n) is 12.8. The molecule has 5 rings (SSSR count). The van der Waals surface area contributed by atoms with E-state index in [-0.39, 0.29) is 22.9 Å². The average Bonchev–Trinajstić information content (AvgIpc) is 3.52. The lowest BCUT2D eigenvalue weighted by Crippen LogP contribution is -2.41. The molecule has 3 heterocycles. The molecule has 0 bridgehead atoms. The molecule has 0 spiro atoms. The van der Waals surface area contributed by atoms with Crippen LogP contribution in [0, 0.1) is 11.3 Å². The summed E-state index contributed by atoms with van der Waals surface area (Å²) in [7, 11) is 3.34. The minimum atomic E-state index is -4.60. The summed E-state index contributed by atoms with van der Waals surface area (Å²) in [6.07, 6.45) is -2.47. The predicted octanol–water partition coefficient (Wildman–Crippen LogP) is 4.39. The number of hydrogen-bond acceptors (Lipinski definition) is 6. The highest BCUT2D eigenvalue weighted by molar-refractivity contribution is 5.93. The van der Waals surface area contributed by atoms with E-state index in [1.807, 2.05) is 0 Å². The Hall–Kier alpha value is -4.37. The number of likely N-dealkylation sites (tertiary alicyclic amines) is 1. The number of aromatic amines is 1. The number of ether oxygens (including phenoxy) is 1. The van der Waals surface area contributed by atoms with Crippen molar-refractivity contribution < 1.29 is 27.2 Å². The fraction of sp³-hybridized carbons (Fsp3) is 0.357. The van der Waals surface area contributed by atoms with Gasteiger partial charge in [-0.1, -0.05) is 12.1 Å². The predicted molar refractivity (Wildman–Crippen MR) is 139 cm³/mol. The van der Waals surface area contributed by atoms with E-state index in [2.05, 4.69) is 23.3 Å². The monoisotopic (exact) mass is 553 g/mol. The molecule has 1 saturated heterocycles. The molecule has 0 unspecified atom stereocenters. The Morgan fingerprint density at radius 3 is 2.60 bits per heavy atom. The minimum Gasteiger partial charge on any atom is -0.466 e. The van der Waals surface area contributed by atoms with Crippen molar-refractivity contribution in [1.29, 1.82) is 5.26 Å². The fourth-order valence-corrected chi connectivity index (χ4v) is 5.83. The number of nitriles is 1. The van der Waals surface area contributed by atoms with Gasteiger partial charge in [0.25, 0.3) is 0 Å². The van der Waals surface area contributed by atoms with Crippen LogP contribution in [0.25, 0.3) is 0 Å². The normalized spacial score (nSPS) is 18.4. The number of H-pyrrole nitrogens is 1. The van der Waals surface area contributed by atoms with Crippen molar-refractivity contribution in [2.45, 2.75) is 38.5 Å². The third-order valence-electron chi connectivity index (χ3n) is 7.74. The van der Waals surface area contributed by atoms with E-state index in [0.717, 1.165) is 48.1 Å². The van der Waals surface area contributed by atoms with Crippen LogP contribution in [-0.2, 0) is 22.3 Å². The molecule has 0 amide bonds. The van der Waals surface area contributed by atoms with Crippen molar-refractivity contribution in [3.8, 4) is 6.07 Å². The Labute approximate surface area is 228 Å². The first kappa shape index (κ1) is 27.2. The number of nitrogens with zero attached hydrogens (tertiary/aromatic N) is 5. The van der Waals surface area contributed by atoms with Crippen LogP contribution in [0.3, 0.4) is 0 Å². The summed E-state index contributed by atoms with van der Waals surface area (Å²) in [5.41, 5.74) is 0.704. The highest BCUT2D eigenvalue weighted by Crippen LogP contribution is 2.44. The number of fused-ring (bicyclic) bond motifs is 1. The smallest absolute Gasteiger partial charge is 0.416 e. The van der Waals surface area contributed by atoms with E-state index in [9.17, 15) is 28.0 Å². The average molecular weight is 554 g/mol. The molecule has 0 saturated carbocycles. The molecule has 1 fully saturated rings. The molecule has 3 aromatic rings. The second-order valence-corrected chi connectivity index (χ2v) is 10.4. The number of methoxy groups -OCH3 is 1. The van der Waals surface area contributed by atoms with Gasteiger partial charge in [0.1, 0.15) is 12.6 Å². The van der Waals surface area contributed by atoms with E-state index < -0.39 is 29.4 Å². The molecule has 1 aromatic heterocycles. The molecule has 2 aliphatic rings. The lowest BCUT2D eigenvalue weighted by molar-refractivity contribution is -0.910. The third-order valence-corrected chi connectivity index (χ3v) is 7.74. The maximum absolute atomic E-state index is 13.6. The number of hydrogen-bond donors (Lipinski definition) is 1. The van der Waals surface area contributed by atoms with Crippen LogP contribution < -0.4 is 10.6 Å². The highest BCUT2D eigenvalue weighted by Gasteiger charge is 2.42. The van der Waals surface area contributed by atoms with Crippen molar-refractivity contribution >= 4 is 17.6 Å². The van der Waals surface area contributed by atoms with Gasteiger partial charge < -0.3 is 9.22 Å². The van der Waals surface area contributed by atoms with E-state index in [1.54, 1.807) is 25.1 Å². The van der Waals surface area contributed by atoms with E-state index in [1.165, 1.54) is 28.7 Å². The van der Waals surface area contributed by atoms with Gasteiger partial charge in [-0.05, 0) is 42.8 Å². The molecule has 9 nitrogen and oxygen atoms in total. The molecule has 0 radical (unpaired) electrons. The number of carbonyl (C=O) groups is 1. The standard InChI is InChI=1S/C28H27F3N6O3/c1-17-23(25(38)40-3)24(22-10-9-18(15-32)13-19(22)16-37(2)11-4-5-12-37)36-26(33-34-27(36)39)35(17)21-8-6-7-20(14-21)28(29,30)31/h6-10,13-14,24H,4-5,11-12,16H2,1-3H3/p+1/t24-/m1/s1. The Kier molecular flexibility index (Phi) is 6.79. The summed E-state index contributed by atoms with van der Waals surface area (Å²) in [5.74, 6) is -0.716. The van der Waals surface area contributed by atoms with Gasteiger partial charge in [0.2, 0.25) is 5.95 Å². The molecule has 2 aromatic carbocycles. The van der Waals surface area contributed by atoms with Gasteiger partial charge in [-0.3, -0.25) is 4.90 Å². The topological polar surface area (TPSA) is 104 Å². The summed E-state index contributed by atoms with van der Waals surface area (Å²) < 4.78 is 47.8. The number of nitrogens with one attached hydrogen (secondary N) is 1. The maximum atomic E-state index is 13.6. The molecule has 2 aliphatic heterocycles. The maximum Gasteiger partial charge on any atom is 0.416 e. The van der Waals surface area contributed by atoms with Gasteiger partial charge in [0.05, 0.1) is 50.0 Å². The summed E-state index contributed by atoms with van der Waals surface area (Å²) >= 11 is 0. The number of allylic oxidation sites excluding steroid dienone is 1. The number of rotatable bonds is 5. The van der Waals surface area contributed by atoms with Crippen LogP contribution >= 0.6 is 0 Å². The van der Waals surface area contributed by atoms with Crippen LogP contribution in [0.5, 0.6) is 0 Å². The number of quaternary nitrogens is 1. The Bertz CT molecular complexity index is 1610. The number of benzene rings is 2. The van der Waals surface area contributed by atoms with Crippen LogP contribution in [0.1, 0.15) is 48.1 Å². The number of aromatic nitrogens is 3. The summed E-state index contributed by atoms with van der Waals surface area (Å²) in [6, 6.07) is 10.9. The quantitative estimate of drug-likeness (QED) is 0.371. The second kappa shape index (κ2) is 9.98. The van der Waals surface area contributed by atoms with Crippen molar-refractivity contribution in [3.63, 3.8) is 0 Å². The van der Waals surface area contributed by atoms with Gasteiger partial charge in [0, 0.05) is 29.8 Å². The minimum absolute atomic E-state index is 0.0244. The number of alkyl halides is 3. The molecular weight excluding hydrogens is 525 g/mol. The zero-order valence-electron chi connectivity index (χ0n) is 22.2. The van der Waals surface area contributed by atoms with Crippen LogP contribution in [0.2, 0.25) is 0 Å². The number of esters is 1. The Balaban J connectivity index is 1.76.